The first kappa shape index (κ1) is 21.7. The van der Waals surface area contributed by atoms with Gasteiger partial charge in [-0.3, -0.25) is 14.7 Å². The summed E-state index contributed by atoms with van der Waals surface area (Å²) in [5.41, 5.74) is 2.71. The van der Waals surface area contributed by atoms with Crippen LogP contribution in [0.4, 0.5) is 0 Å². The van der Waals surface area contributed by atoms with E-state index in [-0.39, 0.29) is 18.1 Å². The maximum atomic E-state index is 11.3. The summed E-state index contributed by atoms with van der Waals surface area (Å²) in [6.45, 7) is 3.64. The molecule has 0 spiro atoms. The predicted octanol–water partition coefficient (Wildman–Crippen LogP) is 4.66. The van der Waals surface area contributed by atoms with Gasteiger partial charge in [0, 0.05) is 10.6 Å². The Hall–Kier alpha value is -3.02. The molecule has 30 heavy (non-hydrogen) atoms. The van der Waals surface area contributed by atoms with Crippen molar-refractivity contribution < 1.29 is 9.66 Å². The Morgan fingerprint density at radius 1 is 1.27 bits per heavy atom. The number of halogens is 1. The molecule has 0 bridgehead atoms. The number of thioether (sulfide) groups is 1. The molecule has 0 fully saturated rings. The van der Waals surface area contributed by atoms with Crippen LogP contribution in [0.25, 0.3) is 5.69 Å². The Bertz CT molecular complexity index is 1090. The second-order valence-electron chi connectivity index (χ2n) is 6.51. The summed E-state index contributed by atoms with van der Waals surface area (Å²) in [6.07, 6.45) is 5.21. The van der Waals surface area contributed by atoms with Gasteiger partial charge in [0.05, 0.1) is 5.02 Å². The lowest BCUT2D eigenvalue weighted by molar-refractivity contribution is -0.479. The molecule has 3 rings (SSSR count). The molecule has 7 nitrogen and oxygen atoms in total. The monoisotopic (exact) mass is 442 g/mol. The number of ether oxygens (including phenoxy) is 1. The number of aromatic nitrogens is 3. The SMILES string of the molecule is C#CCOc1ccc([C@H](C[N+](=O)[O-])Sc2nnc(C)n2-c2ccc(C)cc2)cc1Cl. The lowest BCUT2D eigenvalue weighted by atomic mass is 10.1. The van der Waals surface area contributed by atoms with E-state index in [0.29, 0.717) is 27.3 Å². The highest BCUT2D eigenvalue weighted by molar-refractivity contribution is 7.99. The average molecular weight is 443 g/mol. The van der Waals surface area contributed by atoms with Crippen molar-refractivity contribution in [2.24, 2.45) is 0 Å². The smallest absolute Gasteiger partial charge is 0.220 e. The van der Waals surface area contributed by atoms with E-state index in [1.54, 1.807) is 18.2 Å². The molecule has 3 aromatic rings. The van der Waals surface area contributed by atoms with Crippen LogP contribution in [0.3, 0.4) is 0 Å². The Labute approximate surface area is 183 Å². The standard InChI is InChI=1S/C21H19ClN4O3S/c1-4-11-29-19-10-7-16(12-18(19)22)20(13-25(27)28)30-21-24-23-15(3)26(21)17-8-5-14(2)6-9-17/h1,5-10,12,20H,11,13H2,2-3H3/t20-/m0/s1. The van der Waals surface area contributed by atoms with E-state index in [4.69, 9.17) is 22.8 Å². The van der Waals surface area contributed by atoms with E-state index in [1.807, 2.05) is 42.7 Å². The number of rotatable bonds is 8. The van der Waals surface area contributed by atoms with Crippen molar-refractivity contribution in [1.82, 2.24) is 14.8 Å². The maximum absolute atomic E-state index is 11.3. The van der Waals surface area contributed by atoms with E-state index in [2.05, 4.69) is 16.1 Å². The lowest BCUT2D eigenvalue weighted by Gasteiger charge is -2.15. The lowest BCUT2D eigenvalue weighted by Crippen LogP contribution is -2.11. The van der Waals surface area contributed by atoms with Gasteiger partial charge in [-0.25, -0.2) is 0 Å². The number of hydrogen-bond donors (Lipinski definition) is 0. The van der Waals surface area contributed by atoms with Crippen LogP contribution in [-0.2, 0) is 0 Å². The Morgan fingerprint density at radius 2 is 2.00 bits per heavy atom. The third kappa shape index (κ3) is 5.12. The van der Waals surface area contributed by atoms with Gasteiger partial charge in [-0.05, 0) is 43.7 Å². The zero-order valence-electron chi connectivity index (χ0n) is 16.4. The van der Waals surface area contributed by atoms with Crippen molar-refractivity contribution in [3.8, 4) is 23.8 Å². The molecule has 1 heterocycles. The molecule has 0 aliphatic heterocycles. The molecule has 0 amide bonds. The van der Waals surface area contributed by atoms with Crippen LogP contribution in [0.1, 0.15) is 22.2 Å². The predicted molar refractivity (Wildman–Crippen MR) is 117 cm³/mol. The minimum Gasteiger partial charge on any atom is -0.479 e. The summed E-state index contributed by atoms with van der Waals surface area (Å²) in [7, 11) is 0. The van der Waals surface area contributed by atoms with Gasteiger partial charge in [0.15, 0.2) is 5.16 Å². The average Bonchev–Trinajstić information content (AvgIpc) is 3.07. The largest absolute Gasteiger partial charge is 0.479 e. The van der Waals surface area contributed by atoms with Crippen LogP contribution in [0.15, 0.2) is 47.6 Å². The third-order valence-electron chi connectivity index (χ3n) is 4.29. The quantitative estimate of drug-likeness (QED) is 0.218. The molecular formula is C21H19ClN4O3S. The summed E-state index contributed by atoms with van der Waals surface area (Å²) < 4.78 is 7.25. The van der Waals surface area contributed by atoms with Crippen molar-refractivity contribution in [3.05, 3.63) is 74.6 Å². The second-order valence-corrected chi connectivity index (χ2v) is 8.08. The van der Waals surface area contributed by atoms with Gasteiger partial charge < -0.3 is 4.74 Å². The summed E-state index contributed by atoms with van der Waals surface area (Å²) in [5, 5.41) is 20.1. The van der Waals surface area contributed by atoms with Crippen molar-refractivity contribution >= 4 is 23.4 Å². The van der Waals surface area contributed by atoms with Gasteiger partial charge in [0.25, 0.3) is 0 Å². The zero-order chi connectivity index (χ0) is 21.7. The van der Waals surface area contributed by atoms with Gasteiger partial charge in [0.2, 0.25) is 6.54 Å². The number of nitrogens with zero attached hydrogens (tertiary/aromatic N) is 4. The minimum atomic E-state index is -0.521. The van der Waals surface area contributed by atoms with Gasteiger partial charge in [0.1, 0.15) is 23.4 Å². The molecule has 0 unspecified atom stereocenters. The Kier molecular flexibility index (Phi) is 6.98. The van der Waals surface area contributed by atoms with Crippen molar-refractivity contribution in [2.75, 3.05) is 13.2 Å². The fourth-order valence-electron chi connectivity index (χ4n) is 2.84. The molecule has 0 saturated heterocycles. The molecule has 0 radical (unpaired) electrons. The first-order valence-electron chi connectivity index (χ1n) is 9.02. The van der Waals surface area contributed by atoms with Crippen molar-refractivity contribution in [2.45, 2.75) is 24.3 Å². The van der Waals surface area contributed by atoms with Gasteiger partial charge >= 0.3 is 0 Å². The van der Waals surface area contributed by atoms with E-state index in [0.717, 1.165) is 11.3 Å². The van der Waals surface area contributed by atoms with Crippen LogP contribution in [0.2, 0.25) is 5.02 Å². The minimum absolute atomic E-state index is 0.0884. The van der Waals surface area contributed by atoms with E-state index >= 15 is 0 Å². The van der Waals surface area contributed by atoms with Crippen LogP contribution in [-0.4, -0.2) is 32.8 Å². The molecule has 0 saturated carbocycles. The fraction of sp³-hybridized carbons (Fsp3) is 0.238. The van der Waals surface area contributed by atoms with Crippen LogP contribution in [0.5, 0.6) is 5.75 Å². The first-order chi connectivity index (χ1) is 14.4. The molecule has 0 aliphatic rings. The second kappa shape index (κ2) is 9.65. The molecule has 1 aromatic heterocycles. The number of nitro groups is 1. The van der Waals surface area contributed by atoms with E-state index in [9.17, 15) is 10.1 Å². The van der Waals surface area contributed by atoms with Crippen LogP contribution >= 0.6 is 23.4 Å². The highest BCUT2D eigenvalue weighted by atomic mass is 35.5. The fourth-order valence-corrected chi connectivity index (χ4v) is 4.25. The summed E-state index contributed by atoms with van der Waals surface area (Å²) in [4.78, 5) is 11.0. The molecule has 154 valence electrons. The van der Waals surface area contributed by atoms with E-state index in [1.165, 1.54) is 11.8 Å². The molecule has 0 aliphatic carbocycles. The highest BCUT2D eigenvalue weighted by Gasteiger charge is 2.24. The first-order valence-corrected chi connectivity index (χ1v) is 10.3. The third-order valence-corrected chi connectivity index (χ3v) is 5.76. The van der Waals surface area contributed by atoms with Crippen LogP contribution in [0, 0.1) is 36.3 Å². The van der Waals surface area contributed by atoms with Gasteiger partial charge in [-0.2, -0.15) is 0 Å². The Balaban J connectivity index is 1.93. The topological polar surface area (TPSA) is 83.1 Å². The number of aryl methyl sites for hydroxylation is 2. The van der Waals surface area contributed by atoms with Gasteiger partial charge in [-0.15, -0.1) is 16.6 Å². The zero-order valence-corrected chi connectivity index (χ0v) is 18.0. The molecule has 1 atom stereocenters. The van der Waals surface area contributed by atoms with Crippen LogP contribution < -0.4 is 4.74 Å². The maximum Gasteiger partial charge on any atom is 0.220 e. The molecule has 0 N–H and O–H groups in total. The molecule has 2 aromatic carbocycles. The van der Waals surface area contributed by atoms with Crippen molar-refractivity contribution in [1.29, 1.82) is 0 Å². The number of benzene rings is 2. The van der Waals surface area contributed by atoms with E-state index < -0.39 is 5.25 Å². The normalized spacial score (nSPS) is 11.7. The highest BCUT2D eigenvalue weighted by Crippen LogP contribution is 2.38. The number of terminal acetylenes is 1. The van der Waals surface area contributed by atoms with Crippen molar-refractivity contribution in [3.63, 3.8) is 0 Å². The summed E-state index contributed by atoms with van der Waals surface area (Å²) in [5.74, 6) is 3.50. The van der Waals surface area contributed by atoms with Gasteiger partial charge in [-0.1, -0.05) is 53.0 Å². The molecular weight excluding hydrogens is 424 g/mol. The number of hydrogen-bond acceptors (Lipinski definition) is 6. The summed E-state index contributed by atoms with van der Waals surface area (Å²) in [6, 6.07) is 13.0. The summed E-state index contributed by atoms with van der Waals surface area (Å²) >= 11 is 7.55. The molecule has 9 heteroatoms. The Morgan fingerprint density at radius 3 is 2.63 bits per heavy atom.